The highest BCUT2D eigenvalue weighted by Crippen LogP contribution is 2.12. The Labute approximate surface area is 105 Å². The average Bonchev–Trinajstić information content (AvgIpc) is 2.31. The van der Waals surface area contributed by atoms with Crippen LogP contribution in [-0.4, -0.2) is 31.1 Å². The van der Waals surface area contributed by atoms with Crippen LogP contribution in [0, 0.1) is 13.8 Å². The Morgan fingerprint density at radius 3 is 2.82 bits per heavy atom. The van der Waals surface area contributed by atoms with Gasteiger partial charge in [0, 0.05) is 19.1 Å². The Morgan fingerprint density at radius 1 is 1.29 bits per heavy atom. The van der Waals surface area contributed by atoms with Gasteiger partial charge < -0.3 is 10.2 Å². The van der Waals surface area contributed by atoms with Gasteiger partial charge in [-0.15, -0.1) is 0 Å². The van der Waals surface area contributed by atoms with E-state index in [1.165, 1.54) is 42.6 Å². The Morgan fingerprint density at radius 2 is 2.12 bits per heavy atom. The first-order valence-corrected chi connectivity index (χ1v) is 6.63. The number of benzene rings is 1. The zero-order valence-electron chi connectivity index (χ0n) is 11.3. The van der Waals surface area contributed by atoms with Crippen molar-refractivity contribution >= 4 is 0 Å². The fourth-order valence-electron chi connectivity index (χ4n) is 2.51. The van der Waals surface area contributed by atoms with Crippen molar-refractivity contribution in [3.05, 3.63) is 34.9 Å². The van der Waals surface area contributed by atoms with E-state index in [-0.39, 0.29) is 0 Å². The molecular weight excluding hydrogens is 208 g/mol. The molecule has 0 aliphatic carbocycles. The normalized spacial score (nSPS) is 21.7. The van der Waals surface area contributed by atoms with Crippen LogP contribution in [0.4, 0.5) is 0 Å². The van der Waals surface area contributed by atoms with Crippen LogP contribution in [-0.2, 0) is 6.54 Å². The maximum Gasteiger partial charge on any atom is 0.0208 e. The summed E-state index contributed by atoms with van der Waals surface area (Å²) in [6.45, 7) is 7.79. The summed E-state index contributed by atoms with van der Waals surface area (Å²) in [7, 11) is 2.21. The monoisotopic (exact) mass is 232 g/mol. The first kappa shape index (κ1) is 12.6. The highest BCUT2D eigenvalue weighted by atomic mass is 15.1. The largest absolute Gasteiger partial charge is 0.309 e. The van der Waals surface area contributed by atoms with Gasteiger partial charge in [-0.1, -0.05) is 18.2 Å². The van der Waals surface area contributed by atoms with Crippen LogP contribution in [0.15, 0.2) is 18.2 Å². The van der Waals surface area contributed by atoms with Crippen LogP contribution in [0.1, 0.15) is 29.5 Å². The lowest BCUT2D eigenvalue weighted by molar-refractivity contribution is 0.226. The van der Waals surface area contributed by atoms with Crippen molar-refractivity contribution in [2.75, 3.05) is 20.1 Å². The number of rotatable bonds is 3. The minimum Gasteiger partial charge on any atom is -0.309 e. The lowest BCUT2D eigenvalue weighted by Crippen LogP contribution is -2.43. The van der Waals surface area contributed by atoms with Crippen LogP contribution in [0.2, 0.25) is 0 Å². The van der Waals surface area contributed by atoms with Gasteiger partial charge in [-0.3, -0.25) is 0 Å². The first-order valence-electron chi connectivity index (χ1n) is 6.63. The molecule has 1 aliphatic rings. The molecule has 94 valence electrons. The molecule has 0 amide bonds. The molecule has 1 fully saturated rings. The van der Waals surface area contributed by atoms with Gasteiger partial charge in [0.25, 0.3) is 0 Å². The van der Waals surface area contributed by atoms with Crippen molar-refractivity contribution in [1.29, 1.82) is 0 Å². The maximum atomic E-state index is 3.67. The number of nitrogens with zero attached hydrogens (tertiary/aromatic N) is 1. The third kappa shape index (κ3) is 3.55. The van der Waals surface area contributed by atoms with Gasteiger partial charge in [0.1, 0.15) is 0 Å². The smallest absolute Gasteiger partial charge is 0.0208 e. The third-order valence-corrected chi connectivity index (χ3v) is 3.79. The Kier molecular flexibility index (Phi) is 4.19. The molecule has 1 N–H and O–H groups in total. The predicted octanol–water partition coefficient (Wildman–Crippen LogP) is 2.49. The second-order valence-electron chi connectivity index (χ2n) is 5.40. The van der Waals surface area contributed by atoms with Gasteiger partial charge in [-0.25, -0.2) is 0 Å². The van der Waals surface area contributed by atoms with E-state index in [9.17, 15) is 0 Å². The van der Waals surface area contributed by atoms with Crippen molar-refractivity contribution in [2.45, 2.75) is 39.3 Å². The molecule has 2 nitrogen and oxygen atoms in total. The quantitative estimate of drug-likeness (QED) is 0.861. The highest BCUT2D eigenvalue weighted by Gasteiger charge is 2.16. The molecule has 0 bridgehead atoms. The molecule has 1 atom stereocenters. The van der Waals surface area contributed by atoms with E-state index >= 15 is 0 Å². The van der Waals surface area contributed by atoms with Gasteiger partial charge in [-0.2, -0.15) is 0 Å². The summed E-state index contributed by atoms with van der Waals surface area (Å²) in [6, 6.07) is 7.42. The van der Waals surface area contributed by atoms with Crippen LogP contribution in [0.25, 0.3) is 0 Å². The molecule has 1 saturated heterocycles. The van der Waals surface area contributed by atoms with Crippen molar-refractivity contribution in [1.82, 2.24) is 10.2 Å². The number of nitrogens with one attached hydrogen (secondary N) is 1. The van der Waals surface area contributed by atoms with Crippen LogP contribution in [0.5, 0.6) is 0 Å². The molecule has 1 aromatic carbocycles. The van der Waals surface area contributed by atoms with Crippen LogP contribution < -0.4 is 5.32 Å². The minimum atomic E-state index is 0.662. The van der Waals surface area contributed by atoms with Gasteiger partial charge >= 0.3 is 0 Å². The van der Waals surface area contributed by atoms with Gasteiger partial charge in [-0.05, 0) is 57.0 Å². The second kappa shape index (κ2) is 5.65. The molecule has 2 rings (SSSR count). The number of aryl methyl sites for hydroxylation is 2. The summed E-state index contributed by atoms with van der Waals surface area (Å²) >= 11 is 0. The Hall–Kier alpha value is -0.860. The molecule has 0 aromatic heterocycles. The summed E-state index contributed by atoms with van der Waals surface area (Å²) in [5.74, 6) is 0. The number of hydrogen-bond donors (Lipinski definition) is 1. The summed E-state index contributed by atoms with van der Waals surface area (Å²) in [6.07, 6.45) is 2.64. The zero-order valence-corrected chi connectivity index (χ0v) is 11.3. The first-order chi connectivity index (χ1) is 8.15. The van der Waals surface area contributed by atoms with Crippen molar-refractivity contribution in [3.8, 4) is 0 Å². The zero-order chi connectivity index (χ0) is 12.3. The standard InChI is InChI=1S/C15H24N2/c1-12-6-7-14(9-13(12)2)10-16-15-5-4-8-17(3)11-15/h6-7,9,15-16H,4-5,8,10-11H2,1-3H3. The van der Waals surface area contributed by atoms with Crippen molar-refractivity contribution in [3.63, 3.8) is 0 Å². The van der Waals surface area contributed by atoms with Crippen LogP contribution in [0.3, 0.4) is 0 Å². The third-order valence-electron chi connectivity index (χ3n) is 3.79. The van der Waals surface area contributed by atoms with Gasteiger partial charge in [0.15, 0.2) is 0 Å². The van der Waals surface area contributed by atoms with Gasteiger partial charge in [0.05, 0.1) is 0 Å². The van der Waals surface area contributed by atoms with Gasteiger partial charge in [0.2, 0.25) is 0 Å². The number of likely N-dealkylation sites (N-methyl/N-ethyl adjacent to an activating group) is 1. The van der Waals surface area contributed by atoms with Crippen LogP contribution >= 0.6 is 0 Å². The summed E-state index contributed by atoms with van der Waals surface area (Å²) < 4.78 is 0. The van der Waals surface area contributed by atoms with Crippen molar-refractivity contribution in [2.24, 2.45) is 0 Å². The fourth-order valence-corrected chi connectivity index (χ4v) is 2.51. The number of hydrogen-bond acceptors (Lipinski definition) is 2. The van der Waals surface area contributed by atoms with E-state index in [0.29, 0.717) is 6.04 Å². The molecule has 0 saturated carbocycles. The second-order valence-corrected chi connectivity index (χ2v) is 5.40. The minimum absolute atomic E-state index is 0.662. The molecule has 1 aromatic rings. The van der Waals surface area contributed by atoms with E-state index < -0.39 is 0 Å². The van der Waals surface area contributed by atoms with Crippen molar-refractivity contribution < 1.29 is 0 Å². The Bertz CT molecular complexity index is 373. The molecule has 1 heterocycles. The van der Waals surface area contributed by atoms with E-state index in [1.54, 1.807) is 0 Å². The number of likely N-dealkylation sites (tertiary alicyclic amines) is 1. The Balaban J connectivity index is 1.86. The molecule has 0 radical (unpaired) electrons. The van der Waals surface area contributed by atoms with E-state index in [4.69, 9.17) is 0 Å². The lowest BCUT2D eigenvalue weighted by Gasteiger charge is -2.30. The topological polar surface area (TPSA) is 15.3 Å². The molecular formula is C15H24N2. The van der Waals surface area contributed by atoms with E-state index in [1.807, 2.05) is 0 Å². The maximum absolute atomic E-state index is 3.67. The SMILES string of the molecule is Cc1ccc(CNC2CCCN(C)C2)cc1C. The number of piperidine rings is 1. The fraction of sp³-hybridized carbons (Fsp3) is 0.600. The molecule has 1 aliphatic heterocycles. The highest BCUT2D eigenvalue weighted by molar-refractivity contribution is 5.29. The summed E-state index contributed by atoms with van der Waals surface area (Å²) in [4.78, 5) is 2.42. The lowest BCUT2D eigenvalue weighted by atomic mass is 10.0. The molecule has 2 heteroatoms. The molecule has 17 heavy (non-hydrogen) atoms. The average molecular weight is 232 g/mol. The predicted molar refractivity (Wildman–Crippen MR) is 73.3 cm³/mol. The molecule has 0 spiro atoms. The summed E-state index contributed by atoms with van der Waals surface area (Å²) in [5.41, 5.74) is 4.18. The molecule has 1 unspecified atom stereocenters. The summed E-state index contributed by atoms with van der Waals surface area (Å²) in [5, 5.41) is 3.67. The van der Waals surface area contributed by atoms with E-state index in [2.05, 4.69) is 49.3 Å². The van der Waals surface area contributed by atoms with E-state index in [0.717, 1.165) is 6.54 Å².